The maximum Gasteiger partial charge on any atom is 0.325 e. The van der Waals surface area contributed by atoms with E-state index in [9.17, 15) is 19.2 Å². The Balaban J connectivity index is 1.45. The summed E-state index contributed by atoms with van der Waals surface area (Å²) in [5.74, 6) is -0.545. The Hall–Kier alpha value is -2.44. The van der Waals surface area contributed by atoms with Gasteiger partial charge in [-0.05, 0) is 43.8 Å². The largest absolute Gasteiger partial charge is 0.463 e. The number of ether oxygens (including phenoxy) is 6. The molecule has 0 amide bonds. The van der Waals surface area contributed by atoms with Gasteiger partial charge in [-0.2, -0.15) is 0 Å². The molecule has 290 valence electrons. The van der Waals surface area contributed by atoms with Crippen molar-refractivity contribution in [2.45, 2.75) is 136 Å². The fraction of sp³-hybridized carbons (Fsp3) is 0.824. The molecule has 1 aromatic rings. The molecule has 2 aliphatic rings. The number of aryl methyl sites for hydroxylation is 1. The van der Waals surface area contributed by atoms with Crippen LogP contribution < -0.4 is 4.89 Å². The second-order valence-electron chi connectivity index (χ2n) is 13.5. The van der Waals surface area contributed by atoms with E-state index in [1.54, 1.807) is 16.4 Å². The van der Waals surface area contributed by atoms with Gasteiger partial charge in [0.25, 0.3) is 0 Å². The van der Waals surface area contributed by atoms with E-state index in [-0.39, 0.29) is 54.1 Å². The van der Waals surface area contributed by atoms with Gasteiger partial charge in [-0.25, -0.2) is 4.68 Å². The van der Waals surface area contributed by atoms with Crippen LogP contribution in [0.3, 0.4) is 0 Å². The van der Waals surface area contributed by atoms with Crippen molar-refractivity contribution in [3.05, 3.63) is 11.9 Å². The Kier molecular flexibility index (Phi) is 18.5. The molecule has 1 N–H and O–H groups in total. The minimum Gasteiger partial charge on any atom is -0.463 e. The van der Waals surface area contributed by atoms with Crippen molar-refractivity contribution in [3.8, 4) is 0 Å². The minimum absolute atomic E-state index is 0.0322. The lowest BCUT2D eigenvalue weighted by Crippen LogP contribution is -2.53. The van der Waals surface area contributed by atoms with Gasteiger partial charge in [0.15, 0.2) is 6.29 Å². The van der Waals surface area contributed by atoms with Crippen molar-refractivity contribution in [2.75, 3.05) is 19.0 Å². The number of thiol groups is 1. The molecule has 0 spiro atoms. The molecular formula is C34H56N4O11S2. The van der Waals surface area contributed by atoms with Crippen molar-refractivity contribution in [1.82, 2.24) is 19.9 Å². The second-order valence-corrected chi connectivity index (χ2v) is 14.9. The Morgan fingerprint density at radius 1 is 0.863 bits per heavy atom. The molecule has 4 unspecified atom stereocenters. The number of thioether (sulfide) groups is 1. The van der Waals surface area contributed by atoms with Crippen LogP contribution >= 0.6 is 24.6 Å². The van der Waals surface area contributed by atoms with Gasteiger partial charge >= 0.3 is 23.9 Å². The Labute approximate surface area is 310 Å². The highest BCUT2D eigenvalue weighted by molar-refractivity contribution is 7.99. The quantitative estimate of drug-likeness (QED) is 0.0635. The maximum atomic E-state index is 12.0. The zero-order chi connectivity index (χ0) is 37.5. The number of unbranched alkanes of at least 4 members (excludes halogenated alkanes) is 3. The summed E-state index contributed by atoms with van der Waals surface area (Å²) < 4.78 is 36.9. The lowest BCUT2D eigenvalue weighted by atomic mass is 9.84. The van der Waals surface area contributed by atoms with Crippen molar-refractivity contribution in [2.24, 2.45) is 23.7 Å². The van der Waals surface area contributed by atoms with Gasteiger partial charge in [-0.15, -0.1) is 16.9 Å². The second kappa shape index (κ2) is 21.9. The molecule has 3 heterocycles. The molecule has 2 fully saturated rings. The SMILES string of the molecule is CC(=O)OCC1O[C@@H](SCCCCCc2cn(CC3O[C@H](OCCCCC(=O)ONS)C(C)[C@@H](C)[C@H]3OC(C)=O)nn2)C(C)[C@@H](C)[C@H]1OC(C)=O. The van der Waals surface area contributed by atoms with Crippen LogP contribution in [0.25, 0.3) is 0 Å². The van der Waals surface area contributed by atoms with Crippen LogP contribution in [0, 0.1) is 23.7 Å². The molecule has 15 nitrogen and oxygen atoms in total. The van der Waals surface area contributed by atoms with E-state index >= 15 is 0 Å². The summed E-state index contributed by atoms with van der Waals surface area (Å²) in [7, 11) is 0. The number of nitrogens with zero attached hydrogens (tertiary/aromatic N) is 3. The predicted molar refractivity (Wildman–Crippen MR) is 190 cm³/mol. The van der Waals surface area contributed by atoms with Crippen molar-refractivity contribution in [3.63, 3.8) is 0 Å². The third-order valence-corrected chi connectivity index (χ3v) is 11.0. The highest BCUT2D eigenvalue weighted by atomic mass is 32.2. The minimum atomic E-state index is -0.512. The van der Waals surface area contributed by atoms with Gasteiger partial charge in [0.1, 0.15) is 36.5 Å². The molecule has 51 heavy (non-hydrogen) atoms. The molecular weight excluding hydrogens is 705 g/mol. The fourth-order valence-electron chi connectivity index (χ4n) is 6.31. The highest BCUT2D eigenvalue weighted by Gasteiger charge is 2.45. The van der Waals surface area contributed by atoms with Gasteiger partial charge < -0.3 is 33.3 Å². The molecule has 17 heteroatoms. The van der Waals surface area contributed by atoms with E-state index in [0.717, 1.165) is 37.1 Å². The number of carbonyl (C=O) groups is 4. The molecule has 10 atom stereocenters. The first-order valence-electron chi connectivity index (χ1n) is 17.8. The molecule has 0 bridgehead atoms. The Morgan fingerprint density at radius 3 is 2.22 bits per heavy atom. The van der Waals surface area contributed by atoms with Crippen molar-refractivity contribution >= 4 is 48.5 Å². The Morgan fingerprint density at radius 2 is 1.55 bits per heavy atom. The standard InChI is InChI=1S/C34H56N4O11S2/c1-20-22(3)33(43-15-11-10-14-30(42)49-37-50)47-28(31(20)45-25(6)40)18-38-17-27(35-36-38)13-9-8-12-16-51-34-23(4)21(2)32(46-26(7)41)29(48-34)19-44-24(5)39/h17,20-23,28-29,31-34,37,50H,8-16,18-19H2,1-7H3/t20-,21-,22?,23?,28?,29?,31-,32-,33+,34+/m1/s1. The first-order chi connectivity index (χ1) is 24.3. The summed E-state index contributed by atoms with van der Waals surface area (Å²) in [6, 6.07) is 0. The lowest BCUT2D eigenvalue weighted by Gasteiger charge is -2.43. The Bertz CT molecular complexity index is 1260. The molecule has 0 radical (unpaired) electrons. The first-order valence-corrected chi connectivity index (χ1v) is 19.3. The van der Waals surface area contributed by atoms with E-state index in [4.69, 9.17) is 28.4 Å². The number of aromatic nitrogens is 3. The van der Waals surface area contributed by atoms with Gasteiger partial charge in [-0.1, -0.05) is 57.0 Å². The van der Waals surface area contributed by atoms with Crippen molar-refractivity contribution in [1.29, 1.82) is 0 Å². The normalized spacial score (nSPS) is 29.3. The predicted octanol–water partition coefficient (Wildman–Crippen LogP) is 4.22. The number of hydrogen-bond acceptors (Lipinski definition) is 16. The number of rotatable bonds is 20. The summed E-state index contributed by atoms with van der Waals surface area (Å²) in [6.07, 6.45) is 4.60. The van der Waals surface area contributed by atoms with Crippen LogP contribution in [-0.4, -0.2) is 94.0 Å². The zero-order valence-electron chi connectivity index (χ0n) is 30.8. The molecule has 2 saturated heterocycles. The maximum absolute atomic E-state index is 12.0. The van der Waals surface area contributed by atoms with E-state index < -0.39 is 42.6 Å². The van der Waals surface area contributed by atoms with Crippen LogP contribution in [-0.2, 0) is 65.4 Å². The average Bonchev–Trinajstić information content (AvgIpc) is 3.52. The highest BCUT2D eigenvalue weighted by Crippen LogP contribution is 2.38. The summed E-state index contributed by atoms with van der Waals surface area (Å²) in [4.78, 5) is 53.3. The third-order valence-electron chi connectivity index (χ3n) is 9.49. The van der Waals surface area contributed by atoms with E-state index in [1.165, 1.54) is 20.8 Å². The van der Waals surface area contributed by atoms with E-state index in [2.05, 4.69) is 39.8 Å². The van der Waals surface area contributed by atoms with Gasteiger partial charge in [-0.3, -0.25) is 19.2 Å². The van der Waals surface area contributed by atoms with E-state index in [0.29, 0.717) is 26.0 Å². The van der Waals surface area contributed by atoms with Crippen LogP contribution in [0.2, 0.25) is 0 Å². The van der Waals surface area contributed by atoms with Crippen LogP contribution in [0.1, 0.15) is 92.7 Å². The number of nitrogens with one attached hydrogen (secondary N) is 1. The molecule has 0 aromatic carbocycles. The number of hydrogen-bond donors (Lipinski definition) is 2. The van der Waals surface area contributed by atoms with E-state index in [1.807, 2.05) is 27.0 Å². The number of esters is 3. The summed E-state index contributed by atoms with van der Waals surface area (Å²) in [5.41, 5.74) is 0.763. The molecule has 0 saturated carbocycles. The summed E-state index contributed by atoms with van der Waals surface area (Å²) >= 11 is 5.38. The smallest absolute Gasteiger partial charge is 0.325 e. The monoisotopic (exact) mass is 760 g/mol. The summed E-state index contributed by atoms with van der Waals surface area (Å²) in [6.45, 7) is 13.1. The van der Waals surface area contributed by atoms with Crippen LogP contribution in [0.5, 0.6) is 0 Å². The third kappa shape index (κ3) is 14.1. The van der Waals surface area contributed by atoms with Gasteiger partial charge in [0, 0.05) is 57.7 Å². The lowest BCUT2D eigenvalue weighted by molar-refractivity contribution is -0.269. The van der Waals surface area contributed by atoms with Crippen LogP contribution in [0.4, 0.5) is 0 Å². The molecule has 2 aliphatic heterocycles. The fourth-order valence-corrected chi connectivity index (χ4v) is 7.79. The first kappa shape index (κ1) is 43.0. The molecule has 0 aliphatic carbocycles. The van der Waals surface area contributed by atoms with Gasteiger partial charge in [0.2, 0.25) is 0 Å². The number of carbonyl (C=O) groups excluding carboxylic acids is 4. The average molecular weight is 761 g/mol. The molecule has 1 aromatic heterocycles. The van der Waals surface area contributed by atoms with Crippen LogP contribution in [0.15, 0.2) is 6.20 Å². The van der Waals surface area contributed by atoms with Crippen molar-refractivity contribution < 1.29 is 52.4 Å². The topological polar surface area (TPSA) is 176 Å². The van der Waals surface area contributed by atoms with Gasteiger partial charge in [0.05, 0.1) is 12.2 Å². The molecule has 3 rings (SSSR count). The summed E-state index contributed by atoms with van der Waals surface area (Å²) in [5, 5.41) is 8.70. The zero-order valence-corrected chi connectivity index (χ0v) is 32.5.